The van der Waals surface area contributed by atoms with Crippen molar-refractivity contribution >= 4 is 5.82 Å². The normalized spacial score (nSPS) is 24.8. The second kappa shape index (κ2) is 7.27. The molecule has 6 heteroatoms. The van der Waals surface area contributed by atoms with Gasteiger partial charge in [-0.05, 0) is 38.2 Å². The van der Waals surface area contributed by atoms with Crippen LogP contribution in [0, 0.1) is 16.7 Å². The lowest BCUT2D eigenvalue weighted by atomic mass is 9.58. The van der Waals surface area contributed by atoms with Gasteiger partial charge in [0.1, 0.15) is 11.6 Å². The molecule has 136 valence electrons. The van der Waals surface area contributed by atoms with Crippen molar-refractivity contribution in [1.29, 1.82) is 5.26 Å². The van der Waals surface area contributed by atoms with E-state index in [1.807, 2.05) is 13.8 Å². The van der Waals surface area contributed by atoms with Crippen molar-refractivity contribution in [2.75, 3.05) is 24.6 Å². The molecule has 2 atom stereocenters. The van der Waals surface area contributed by atoms with Crippen LogP contribution in [-0.2, 0) is 17.6 Å². The third-order valence-electron chi connectivity index (χ3n) is 6.04. The monoisotopic (exact) mass is 344 g/mol. The zero-order valence-corrected chi connectivity index (χ0v) is 15.5. The van der Waals surface area contributed by atoms with Crippen LogP contribution in [0.25, 0.3) is 0 Å². The molecule has 1 aromatic heterocycles. The van der Waals surface area contributed by atoms with Crippen LogP contribution in [0.2, 0.25) is 0 Å². The van der Waals surface area contributed by atoms with Gasteiger partial charge in [0.05, 0.1) is 17.9 Å². The molecule has 6 nitrogen and oxygen atoms in total. The van der Waals surface area contributed by atoms with Gasteiger partial charge in [-0.2, -0.15) is 10.4 Å². The van der Waals surface area contributed by atoms with E-state index < -0.39 is 0 Å². The van der Waals surface area contributed by atoms with Gasteiger partial charge in [-0.25, -0.2) is 0 Å². The summed E-state index contributed by atoms with van der Waals surface area (Å²) in [4.78, 5) is 2.16. The second-order valence-electron chi connectivity index (χ2n) is 7.06. The molecule has 0 aromatic carbocycles. The van der Waals surface area contributed by atoms with Crippen LogP contribution in [0.4, 0.5) is 5.82 Å². The van der Waals surface area contributed by atoms with Crippen molar-refractivity contribution in [2.24, 2.45) is 5.41 Å². The lowest BCUT2D eigenvalue weighted by molar-refractivity contribution is -0.199. The summed E-state index contributed by atoms with van der Waals surface area (Å²) in [6, 6.07) is 2.36. The number of piperidine rings is 1. The first-order valence-electron chi connectivity index (χ1n) is 9.44. The molecule has 1 spiro atoms. The summed E-state index contributed by atoms with van der Waals surface area (Å²) >= 11 is 0. The van der Waals surface area contributed by atoms with Gasteiger partial charge in [0.15, 0.2) is 5.82 Å². The Morgan fingerprint density at radius 3 is 2.48 bits per heavy atom. The Balaban J connectivity index is 1.81. The number of ether oxygens (including phenoxy) is 1. The number of anilines is 1. The van der Waals surface area contributed by atoms with Crippen molar-refractivity contribution in [3.8, 4) is 6.07 Å². The molecule has 2 unspecified atom stereocenters. The molecule has 2 fully saturated rings. The minimum absolute atomic E-state index is 0.121. The Bertz CT molecular complexity index is 660. The summed E-state index contributed by atoms with van der Waals surface area (Å²) in [5.74, 6) is 0.702. The van der Waals surface area contributed by atoms with Crippen LogP contribution < -0.4 is 4.90 Å². The van der Waals surface area contributed by atoms with Crippen LogP contribution in [-0.4, -0.2) is 47.2 Å². The molecule has 1 aliphatic carbocycles. The minimum atomic E-state index is -0.276. The number of hydrogen-bond donors (Lipinski definition) is 1. The highest BCUT2D eigenvalue weighted by Crippen LogP contribution is 2.51. The van der Waals surface area contributed by atoms with E-state index in [1.54, 1.807) is 0 Å². The summed E-state index contributed by atoms with van der Waals surface area (Å²) in [7, 11) is 0. The maximum absolute atomic E-state index is 10.3. The van der Waals surface area contributed by atoms with E-state index in [4.69, 9.17) is 4.74 Å². The number of hydrogen-bond acceptors (Lipinski definition) is 6. The van der Waals surface area contributed by atoms with E-state index in [-0.39, 0.29) is 17.6 Å². The maximum atomic E-state index is 10.3. The van der Waals surface area contributed by atoms with Crippen LogP contribution in [0.3, 0.4) is 0 Å². The molecule has 0 bridgehead atoms. The van der Waals surface area contributed by atoms with Crippen molar-refractivity contribution in [3.63, 3.8) is 0 Å². The summed E-state index contributed by atoms with van der Waals surface area (Å²) < 4.78 is 5.84. The number of nitrogens with zero attached hydrogens (tertiary/aromatic N) is 4. The van der Waals surface area contributed by atoms with Crippen LogP contribution in [0.15, 0.2) is 0 Å². The Hall–Kier alpha value is -1.71. The van der Waals surface area contributed by atoms with Crippen LogP contribution in [0.1, 0.15) is 56.9 Å². The molecule has 3 rings (SSSR count). The van der Waals surface area contributed by atoms with Crippen LogP contribution >= 0.6 is 0 Å². The van der Waals surface area contributed by atoms with E-state index in [0.717, 1.165) is 56.5 Å². The third-order valence-corrected chi connectivity index (χ3v) is 6.04. The Morgan fingerprint density at radius 2 is 1.96 bits per heavy atom. The Morgan fingerprint density at radius 1 is 1.24 bits per heavy atom. The Kier molecular flexibility index (Phi) is 5.26. The van der Waals surface area contributed by atoms with Gasteiger partial charge in [0.25, 0.3) is 0 Å². The SMILES string of the molecule is CCOC1CC(O)C12CCN(c1nnc(CC)c(CC)c1C#N)CC2. The lowest BCUT2D eigenvalue weighted by Crippen LogP contribution is -2.62. The molecule has 1 N–H and O–H groups in total. The first-order valence-corrected chi connectivity index (χ1v) is 9.44. The van der Waals surface area contributed by atoms with Crippen molar-refractivity contribution < 1.29 is 9.84 Å². The zero-order valence-electron chi connectivity index (χ0n) is 15.5. The average molecular weight is 344 g/mol. The summed E-state index contributed by atoms with van der Waals surface area (Å²) in [6.07, 6.45) is 3.92. The number of aromatic nitrogens is 2. The smallest absolute Gasteiger partial charge is 0.169 e. The van der Waals surface area contributed by atoms with Gasteiger partial charge < -0.3 is 14.7 Å². The predicted octanol–water partition coefficient (Wildman–Crippen LogP) is 2.23. The fourth-order valence-electron chi connectivity index (χ4n) is 4.45. The van der Waals surface area contributed by atoms with Gasteiger partial charge >= 0.3 is 0 Å². The quantitative estimate of drug-likeness (QED) is 0.882. The molecule has 1 aliphatic heterocycles. The number of aryl methyl sites for hydroxylation is 1. The molecular formula is C19H28N4O2. The summed E-state index contributed by atoms with van der Waals surface area (Å²) in [5.41, 5.74) is 2.48. The van der Waals surface area contributed by atoms with Crippen LogP contribution in [0.5, 0.6) is 0 Å². The fraction of sp³-hybridized carbons (Fsp3) is 0.737. The van der Waals surface area contributed by atoms with Crippen molar-refractivity contribution in [1.82, 2.24) is 10.2 Å². The first kappa shape index (κ1) is 18.1. The van der Waals surface area contributed by atoms with Gasteiger partial charge in [0, 0.05) is 31.5 Å². The zero-order chi connectivity index (χ0) is 18.0. The van der Waals surface area contributed by atoms with Crippen molar-refractivity contribution in [3.05, 3.63) is 16.8 Å². The second-order valence-corrected chi connectivity index (χ2v) is 7.06. The lowest BCUT2D eigenvalue weighted by Gasteiger charge is -2.56. The van der Waals surface area contributed by atoms with Gasteiger partial charge in [-0.1, -0.05) is 13.8 Å². The molecule has 25 heavy (non-hydrogen) atoms. The number of aliphatic hydroxyl groups is 1. The topological polar surface area (TPSA) is 82.3 Å². The molecule has 0 amide bonds. The summed E-state index contributed by atoms with van der Waals surface area (Å²) in [5, 5.41) is 28.8. The Labute approximate surface area is 149 Å². The fourth-order valence-corrected chi connectivity index (χ4v) is 4.45. The molecule has 1 aromatic rings. The third kappa shape index (κ3) is 2.90. The van der Waals surface area contributed by atoms with E-state index >= 15 is 0 Å². The molecular weight excluding hydrogens is 316 g/mol. The maximum Gasteiger partial charge on any atom is 0.169 e. The standard InChI is InChI=1S/C19H28N4O2/c1-4-13-14(12-20)18(22-21-15(13)5-2)23-9-7-19(8-10-23)16(24)11-17(19)25-6-3/h16-17,24H,4-11H2,1-3H3. The highest BCUT2D eigenvalue weighted by atomic mass is 16.5. The molecule has 1 saturated carbocycles. The highest BCUT2D eigenvalue weighted by molar-refractivity contribution is 5.58. The van der Waals surface area contributed by atoms with Crippen molar-refractivity contribution in [2.45, 2.75) is 65.1 Å². The molecule has 2 heterocycles. The van der Waals surface area contributed by atoms with E-state index in [1.165, 1.54) is 0 Å². The molecule has 1 saturated heterocycles. The molecule has 2 aliphatic rings. The number of rotatable bonds is 5. The highest BCUT2D eigenvalue weighted by Gasteiger charge is 2.56. The van der Waals surface area contributed by atoms with Gasteiger partial charge in [0.2, 0.25) is 0 Å². The first-order chi connectivity index (χ1) is 12.1. The largest absolute Gasteiger partial charge is 0.392 e. The van der Waals surface area contributed by atoms with E-state index in [2.05, 4.69) is 28.1 Å². The number of nitriles is 1. The average Bonchev–Trinajstić information content (AvgIpc) is 2.66. The number of aliphatic hydroxyl groups excluding tert-OH is 1. The van der Waals surface area contributed by atoms with Gasteiger partial charge in [-0.15, -0.1) is 5.10 Å². The van der Waals surface area contributed by atoms with E-state index in [9.17, 15) is 10.4 Å². The minimum Gasteiger partial charge on any atom is -0.392 e. The summed E-state index contributed by atoms with van der Waals surface area (Å²) in [6.45, 7) is 8.34. The van der Waals surface area contributed by atoms with E-state index in [0.29, 0.717) is 18.0 Å². The predicted molar refractivity (Wildman–Crippen MR) is 95.4 cm³/mol. The van der Waals surface area contributed by atoms with Gasteiger partial charge in [-0.3, -0.25) is 0 Å². The molecule has 0 radical (unpaired) electrons.